The third-order valence-corrected chi connectivity index (χ3v) is 43.9. The molecule has 41 aliphatic rings. The van der Waals surface area contributed by atoms with Crippen LogP contribution in [0.1, 0.15) is 276 Å². The molecule has 502 valence electrons. The molecule has 41 saturated carbocycles. The molecule has 0 aliphatic heterocycles. The van der Waals surface area contributed by atoms with Crippen LogP contribution in [-0.4, -0.2) is 0 Å². The summed E-state index contributed by atoms with van der Waals surface area (Å²) in [5.41, 5.74) is 0.906. The third kappa shape index (κ3) is 7.71. The van der Waals surface area contributed by atoms with Gasteiger partial charge in [-0.25, -0.2) is 0 Å². The van der Waals surface area contributed by atoms with Crippen molar-refractivity contribution in [2.24, 2.45) is 289 Å². The first-order valence-corrected chi connectivity index (χ1v) is 45.5. The van der Waals surface area contributed by atoms with E-state index in [0.29, 0.717) is 0 Å². The summed E-state index contributed by atoms with van der Waals surface area (Å²) < 4.78 is 0. The lowest BCUT2D eigenvalue weighted by atomic mass is 9.01. The van der Waals surface area contributed by atoms with Gasteiger partial charge in [-0.2, -0.15) is 0 Å². The van der Waals surface area contributed by atoms with Crippen LogP contribution in [0.4, 0.5) is 0 Å². The quantitative estimate of drug-likeness (QED) is 0.212. The fraction of sp³-hybridized carbons (Fsp3) is 1.00. The maximum absolute atomic E-state index is 1.68. The summed E-state index contributed by atoms with van der Waals surface area (Å²) >= 11 is 0. The molecule has 1 spiro atoms. The Morgan fingerprint density at radius 3 is 0.924 bits per heavy atom. The highest BCUT2D eigenvalue weighted by Gasteiger charge is 2.98. The molecular formula is C92H134. The van der Waals surface area contributed by atoms with E-state index in [1.54, 1.807) is 276 Å². The Bertz CT molecular complexity index is 2530. The molecule has 41 rings (SSSR count). The van der Waals surface area contributed by atoms with Crippen molar-refractivity contribution in [1.29, 1.82) is 0 Å². The van der Waals surface area contributed by atoms with Gasteiger partial charge in [-0.3, -0.25) is 0 Å². The maximum Gasteiger partial charge on any atom is -0.0266 e. The van der Waals surface area contributed by atoms with Gasteiger partial charge in [0.15, 0.2) is 0 Å². The first-order valence-electron chi connectivity index (χ1n) is 45.5. The van der Waals surface area contributed by atoms with Crippen molar-refractivity contribution in [3.05, 3.63) is 0 Å². The smallest absolute Gasteiger partial charge is 0.0266 e. The molecular weight excluding hydrogens is 1110 g/mol. The highest BCUT2D eigenvalue weighted by atomic mass is 15.0. The Kier molecular flexibility index (Phi) is 12.0. The average Bonchev–Trinajstić information content (AvgIpc) is 0.996. The number of hydrogen-bond acceptors (Lipinski definition) is 0. The van der Waals surface area contributed by atoms with Crippen LogP contribution < -0.4 is 0 Å². The Hall–Kier alpha value is 0. The van der Waals surface area contributed by atoms with Crippen molar-refractivity contribution in [1.82, 2.24) is 0 Å². The van der Waals surface area contributed by atoms with Gasteiger partial charge in [0, 0.05) is 0 Å². The van der Waals surface area contributed by atoms with Crippen molar-refractivity contribution in [3.63, 3.8) is 0 Å². The van der Waals surface area contributed by atoms with Crippen molar-refractivity contribution < 1.29 is 0 Å². The van der Waals surface area contributed by atoms with Crippen LogP contribution in [0.3, 0.4) is 0 Å². The van der Waals surface area contributed by atoms with Crippen LogP contribution in [-0.2, 0) is 0 Å². The molecule has 0 saturated heterocycles. The summed E-state index contributed by atoms with van der Waals surface area (Å²) in [6.07, 6.45) is 69.0. The van der Waals surface area contributed by atoms with E-state index in [2.05, 4.69) is 0 Å². The first kappa shape index (κ1) is 55.7. The van der Waals surface area contributed by atoms with Gasteiger partial charge in [-0.15, -0.1) is 0 Å². The molecule has 0 aromatic rings. The predicted octanol–water partition coefficient (Wildman–Crippen LogP) is 22.7. The van der Waals surface area contributed by atoms with Crippen LogP contribution >= 0.6 is 0 Å². The third-order valence-electron chi connectivity index (χ3n) is 43.9. The summed E-state index contributed by atoms with van der Waals surface area (Å²) in [6.45, 7) is 0. The van der Waals surface area contributed by atoms with Crippen molar-refractivity contribution in [3.8, 4) is 0 Å². The highest BCUT2D eigenvalue weighted by molar-refractivity contribution is 5.44. The Labute approximate surface area is 562 Å². The Balaban J connectivity index is 0.0000000615. The standard InChI is InChI=1S/C12H18.C11H14.2C11H18.C10H16.C9H14.C8H8.2C7H10.C6H8/c1-2-8-5-7(1)11-9-3-4-10(6-9)12(8)11;1-4-5-2-9-8(1)10-6(4)3-7(5)11(9)10;1-3-9-7-10-4-2-6-11(10,5-1)8-9;1-2-4-10-9-5-6-11(10)8(3-1)7-9;1-7-2-9-4-8(1)5-10(3-7)6-9;1-6-2-8-4-7(1)5-9(8)3-6;1-2-5-3(1)7-4(1)6(2)8(5)7;1-4-2-6-5(1)7(6)3-4;1-2-4-6-5(3-1)7(4)6;1-2-4-5-3(1)6(4)5/h7-12H,1-6H2;4-11H,1-3H2;9-10H,1-8H2;8-11H,1-7H2;7-10H,1-6H2;6-9H,1-5H2;1-8H;2*4-7H,1-3H2;3-6H,1-2H2. The lowest BCUT2D eigenvalue weighted by molar-refractivity contribution is -0.565. The molecule has 0 amide bonds. The summed E-state index contributed by atoms with van der Waals surface area (Å²) in [5, 5.41) is 0. The second-order valence-electron chi connectivity index (χ2n) is 45.7. The molecule has 0 heterocycles. The molecule has 0 aromatic carbocycles. The van der Waals surface area contributed by atoms with Crippen molar-refractivity contribution in [2.75, 3.05) is 0 Å². The molecule has 0 heteroatoms. The van der Waals surface area contributed by atoms with Gasteiger partial charge in [-0.1, -0.05) is 44.9 Å². The van der Waals surface area contributed by atoms with Gasteiger partial charge in [0.1, 0.15) is 0 Å². The summed E-state index contributed by atoms with van der Waals surface area (Å²) in [7, 11) is 0. The number of hydrogen-bond donors (Lipinski definition) is 0. The second-order valence-corrected chi connectivity index (χ2v) is 45.7. The van der Waals surface area contributed by atoms with Crippen LogP contribution in [0, 0.1) is 289 Å². The average molecular weight is 1240 g/mol. The minimum absolute atomic E-state index is 0.906. The van der Waals surface area contributed by atoms with Gasteiger partial charge in [0.05, 0.1) is 0 Å². The van der Waals surface area contributed by atoms with Crippen molar-refractivity contribution in [2.45, 2.75) is 276 Å². The van der Waals surface area contributed by atoms with Crippen LogP contribution in [0.25, 0.3) is 0 Å². The molecule has 0 radical (unpaired) electrons. The summed E-state index contributed by atoms with van der Waals surface area (Å²) in [5.74, 6) is 59.9. The molecule has 19 unspecified atom stereocenters. The minimum Gasteiger partial charge on any atom is -0.0530 e. The molecule has 41 aliphatic carbocycles. The van der Waals surface area contributed by atoms with Gasteiger partial charge in [0.2, 0.25) is 0 Å². The van der Waals surface area contributed by atoms with E-state index in [1.165, 1.54) is 278 Å². The van der Waals surface area contributed by atoms with E-state index in [4.69, 9.17) is 0 Å². The van der Waals surface area contributed by atoms with Crippen LogP contribution in [0.2, 0.25) is 0 Å². The topological polar surface area (TPSA) is 0 Å². The zero-order chi connectivity index (χ0) is 58.6. The zero-order valence-corrected chi connectivity index (χ0v) is 58.6. The van der Waals surface area contributed by atoms with Gasteiger partial charge in [0.25, 0.3) is 0 Å². The fourth-order valence-electron chi connectivity index (χ4n) is 41.6. The van der Waals surface area contributed by atoms with E-state index >= 15 is 0 Å². The molecule has 0 N–H and O–H groups in total. The van der Waals surface area contributed by atoms with E-state index in [-0.39, 0.29) is 0 Å². The van der Waals surface area contributed by atoms with Crippen LogP contribution in [0.5, 0.6) is 0 Å². The molecule has 0 nitrogen and oxygen atoms in total. The van der Waals surface area contributed by atoms with E-state index < -0.39 is 0 Å². The van der Waals surface area contributed by atoms with Crippen LogP contribution in [0.15, 0.2) is 0 Å². The normalized spacial score (nSPS) is 69.7. The lowest BCUT2D eigenvalue weighted by Crippen LogP contribution is -3.00. The van der Waals surface area contributed by atoms with Gasteiger partial charge >= 0.3 is 0 Å². The fourth-order valence-corrected chi connectivity index (χ4v) is 41.6. The highest BCUT2D eigenvalue weighted by Crippen LogP contribution is 3.01. The van der Waals surface area contributed by atoms with E-state index in [1.807, 2.05) is 0 Å². The minimum atomic E-state index is 0.906. The molecule has 0 aromatic heterocycles. The SMILES string of the molecule is C12C3C4C1C1C2C3C41.C1C2C3CC4C5CC3C1C5C24.C1C2CC3C1C3C2.C1C2CC3CC1CC(C2)C3.C1C2CC3CC1CC3C2.C1CC2C3C(C1)C23.C1CC2C3C1C23.C1CC2CC1C1C3CCC(C3)C21.C1CC2CC3CCCC3(C1)C2.C1CCC2C3CCC2C(C1)C3. The lowest BCUT2D eigenvalue weighted by Gasteiger charge is -3.03. The van der Waals surface area contributed by atoms with E-state index in [9.17, 15) is 0 Å². The molecule has 19 atom stereocenters. The van der Waals surface area contributed by atoms with Gasteiger partial charge < -0.3 is 0 Å². The second kappa shape index (κ2) is 19.8. The number of rotatable bonds is 0. The maximum atomic E-state index is 1.68. The van der Waals surface area contributed by atoms with E-state index in [0.717, 1.165) is 11.3 Å². The summed E-state index contributed by atoms with van der Waals surface area (Å²) in [6, 6.07) is 0. The van der Waals surface area contributed by atoms with Crippen molar-refractivity contribution >= 4 is 0 Å². The first-order chi connectivity index (χ1) is 45.5. The monoisotopic (exact) mass is 1240 g/mol. The molecule has 28 bridgehead atoms. The zero-order valence-electron chi connectivity index (χ0n) is 58.6. The predicted molar refractivity (Wildman–Crippen MR) is 368 cm³/mol. The molecule has 41 fully saturated rings. The summed E-state index contributed by atoms with van der Waals surface area (Å²) in [4.78, 5) is 0. The Morgan fingerprint density at radius 2 is 0.489 bits per heavy atom. The van der Waals surface area contributed by atoms with Gasteiger partial charge in [-0.05, 0) is 521 Å². The Morgan fingerprint density at radius 1 is 0.152 bits per heavy atom. The number of fused-ring (bicyclic) bond motifs is 15. The largest absolute Gasteiger partial charge is 0.0530 e. The molecule has 92 heavy (non-hydrogen) atoms.